The summed E-state index contributed by atoms with van der Waals surface area (Å²) < 4.78 is 28.7. The van der Waals surface area contributed by atoms with E-state index < -0.39 is 29.5 Å². The molecule has 3 aromatic rings. The number of halogens is 2. The fraction of sp³-hybridized carbons (Fsp3) is 0.238. The molecule has 1 atom stereocenters. The van der Waals surface area contributed by atoms with Crippen molar-refractivity contribution in [3.05, 3.63) is 77.1 Å². The molecule has 0 aliphatic carbocycles. The Balaban J connectivity index is 1.68. The Morgan fingerprint density at radius 1 is 1.10 bits per heavy atom. The molecule has 0 bridgehead atoms. The van der Waals surface area contributed by atoms with E-state index in [9.17, 15) is 18.4 Å². The first-order valence-electron chi connectivity index (χ1n) is 9.41. The van der Waals surface area contributed by atoms with E-state index in [-0.39, 0.29) is 11.3 Å². The number of nitrogens with one attached hydrogen (secondary N) is 2. The first-order valence-corrected chi connectivity index (χ1v) is 10.4. The molecule has 0 saturated carbocycles. The number of benzene rings is 2. The van der Waals surface area contributed by atoms with E-state index in [1.165, 1.54) is 24.9 Å². The standard InChI is InChI=1S/C21H21F2N5O2S/c1-13-26-27-21(28(13)11-14-6-4-3-5-7-14)31-12-18(29)25-19(20(30)24-2)15-8-9-16(22)17(23)10-15/h3-10,19H,11-12H2,1-2H3,(H,24,30)(H,25,29). The van der Waals surface area contributed by atoms with Crippen LogP contribution in [-0.4, -0.2) is 39.4 Å². The third-order valence-electron chi connectivity index (χ3n) is 4.51. The van der Waals surface area contributed by atoms with E-state index in [4.69, 9.17) is 0 Å². The Bertz CT molecular complexity index is 1070. The van der Waals surface area contributed by atoms with Crippen molar-refractivity contribution in [2.75, 3.05) is 12.8 Å². The summed E-state index contributed by atoms with van der Waals surface area (Å²) in [6.45, 7) is 2.38. The monoisotopic (exact) mass is 445 g/mol. The number of amides is 2. The number of likely N-dealkylation sites (N-methyl/N-ethyl adjacent to an activating group) is 1. The van der Waals surface area contributed by atoms with Crippen molar-refractivity contribution in [2.45, 2.75) is 24.7 Å². The number of hydrogen-bond acceptors (Lipinski definition) is 5. The summed E-state index contributed by atoms with van der Waals surface area (Å²) in [6, 6.07) is 11.7. The van der Waals surface area contributed by atoms with Crippen LogP contribution in [0, 0.1) is 18.6 Å². The number of aryl methyl sites for hydroxylation is 1. The molecule has 1 aromatic heterocycles. The predicted octanol–water partition coefficient (Wildman–Crippen LogP) is 2.61. The second-order valence-electron chi connectivity index (χ2n) is 6.68. The van der Waals surface area contributed by atoms with Crippen molar-refractivity contribution >= 4 is 23.6 Å². The third kappa shape index (κ3) is 5.66. The van der Waals surface area contributed by atoms with Crippen LogP contribution in [-0.2, 0) is 16.1 Å². The molecule has 0 radical (unpaired) electrons. The van der Waals surface area contributed by atoms with Gasteiger partial charge in [0.1, 0.15) is 11.9 Å². The zero-order chi connectivity index (χ0) is 22.4. The Morgan fingerprint density at radius 2 is 1.84 bits per heavy atom. The number of carbonyl (C=O) groups excluding carboxylic acids is 2. The van der Waals surface area contributed by atoms with Crippen molar-refractivity contribution in [2.24, 2.45) is 0 Å². The maximum absolute atomic E-state index is 13.6. The zero-order valence-electron chi connectivity index (χ0n) is 16.9. The lowest BCUT2D eigenvalue weighted by Crippen LogP contribution is -2.39. The molecule has 10 heteroatoms. The lowest BCUT2D eigenvalue weighted by Gasteiger charge is -2.18. The molecule has 0 saturated heterocycles. The molecule has 3 rings (SSSR count). The Hall–Kier alpha value is -3.27. The van der Waals surface area contributed by atoms with Crippen LogP contribution in [0.3, 0.4) is 0 Å². The minimum atomic E-state index is -1.16. The lowest BCUT2D eigenvalue weighted by molar-refractivity contribution is -0.127. The fourth-order valence-electron chi connectivity index (χ4n) is 2.89. The van der Waals surface area contributed by atoms with Gasteiger partial charge in [0.15, 0.2) is 16.8 Å². The van der Waals surface area contributed by atoms with Gasteiger partial charge in [0.05, 0.1) is 12.3 Å². The lowest BCUT2D eigenvalue weighted by atomic mass is 10.1. The number of nitrogens with zero attached hydrogens (tertiary/aromatic N) is 3. The summed E-state index contributed by atoms with van der Waals surface area (Å²) in [4.78, 5) is 24.7. The van der Waals surface area contributed by atoms with Gasteiger partial charge in [-0.1, -0.05) is 48.2 Å². The zero-order valence-corrected chi connectivity index (χ0v) is 17.7. The minimum absolute atomic E-state index is 0.0376. The molecule has 1 unspecified atom stereocenters. The number of carbonyl (C=O) groups is 2. The molecular formula is C21H21F2N5O2S. The van der Waals surface area contributed by atoms with Gasteiger partial charge in [-0.25, -0.2) is 8.78 Å². The Morgan fingerprint density at radius 3 is 2.52 bits per heavy atom. The quantitative estimate of drug-likeness (QED) is 0.521. The van der Waals surface area contributed by atoms with E-state index in [1.807, 2.05) is 41.8 Å². The van der Waals surface area contributed by atoms with Gasteiger partial charge >= 0.3 is 0 Å². The van der Waals surface area contributed by atoms with Crippen LogP contribution in [0.2, 0.25) is 0 Å². The number of hydrogen-bond donors (Lipinski definition) is 2. The van der Waals surface area contributed by atoms with E-state index >= 15 is 0 Å². The van der Waals surface area contributed by atoms with Gasteiger partial charge in [-0.3, -0.25) is 9.59 Å². The minimum Gasteiger partial charge on any atom is -0.357 e. The van der Waals surface area contributed by atoms with Crippen molar-refractivity contribution in [1.82, 2.24) is 25.4 Å². The fourth-order valence-corrected chi connectivity index (χ4v) is 3.68. The van der Waals surface area contributed by atoms with Gasteiger partial charge in [0.2, 0.25) is 11.8 Å². The maximum atomic E-state index is 13.6. The van der Waals surface area contributed by atoms with Gasteiger partial charge in [0.25, 0.3) is 0 Å². The average molecular weight is 445 g/mol. The van der Waals surface area contributed by atoms with Crippen molar-refractivity contribution in [3.8, 4) is 0 Å². The van der Waals surface area contributed by atoms with Crippen LogP contribution in [0.5, 0.6) is 0 Å². The van der Waals surface area contributed by atoms with Gasteiger partial charge in [-0.15, -0.1) is 10.2 Å². The van der Waals surface area contributed by atoms with Crippen molar-refractivity contribution in [3.63, 3.8) is 0 Å². The molecule has 0 fully saturated rings. The molecule has 2 aromatic carbocycles. The summed E-state index contributed by atoms with van der Waals surface area (Å²) in [5.41, 5.74) is 1.20. The second-order valence-corrected chi connectivity index (χ2v) is 7.62. The highest BCUT2D eigenvalue weighted by molar-refractivity contribution is 7.99. The van der Waals surface area contributed by atoms with E-state index in [0.29, 0.717) is 17.5 Å². The summed E-state index contributed by atoms with van der Waals surface area (Å²) in [7, 11) is 1.39. The van der Waals surface area contributed by atoms with Crippen LogP contribution < -0.4 is 10.6 Å². The molecule has 1 heterocycles. The van der Waals surface area contributed by atoms with Crippen LogP contribution in [0.1, 0.15) is 23.0 Å². The normalized spacial score (nSPS) is 11.7. The van der Waals surface area contributed by atoms with Crippen molar-refractivity contribution in [1.29, 1.82) is 0 Å². The first-order chi connectivity index (χ1) is 14.9. The van der Waals surface area contributed by atoms with E-state index in [0.717, 1.165) is 17.7 Å². The molecule has 31 heavy (non-hydrogen) atoms. The smallest absolute Gasteiger partial charge is 0.246 e. The SMILES string of the molecule is CNC(=O)C(NC(=O)CSc1nnc(C)n1Cc1ccccc1)c1ccc(F)c(F)c1. The molecule has 0 spiro atoms. The molecule has 7 nitrogen and oxygen atoms in total. The van der Waals surface area contributed by atoms with Gasteiger partial charge in [0, 0.05) is 7.05 Å². The summed E-state index contributed by atoms with van der Waals surface area (Å²) in [6.07, 6.45) is 0. The third-order valence-corrected chi connectivity index (χ3v) is 5.48. The van der Waals surface area contributed by atoms with Crippen LogP contribution in [0.25, 0.3) is 0 Å². The molecule has 2 N–H and O–H groups in total. The van der Waals surface area contributed by atoms with Gasteiger partial charge < -0.3 is 15.2 Å². The maximum Gasteiger partial charge on any atom is 0.246 e. The molecule has 2 amide bonds. The highest BCUT2D eigenvalue weighted by atomic mass is 32.2. The van der Waals surface area contributed by atoms with Gasteiger partial charge in [-0.2, -0.15) is 0 Å². The predicted molar refractivity (Wildman–Crippen MR) is 112 cm³/mol. The number of thioether (sulfide) groups is 1. The highest BCUT2D eigenvalue weighted by Crippen LogP contribution is 2.20. The second kappa shape index (κ2) is 10.2. The molecule has 162 valence electrons. The van der Waals surface area contributed by atoms with Gasteiger partial charge in [-0.05, 0) is 30.2 Å². The average Bonchev–Trinajstić information content (AvgIpc) is 3.12. The van der Waals surface area contributed by atoms with E-state index in [1.54, 1.807) is 0 Å². The Labute approximate surface area is 182 Å². The molecular weight excluding hydrogens is 424 g/mol. The molecule has 0 aliphatic heterocycles. The number of aromatic nitrogens is 3. The summed E-state index contributed by atoms with van der Waals surface area (Å²) >= 11 is 1.17. The highest BCUT2D eigenvalue weighted by Gasteiger charge is 2.23. The summed E-state index contributed by atoms with van der Waals surface area (Å²) in [5.74, 6) is -2.47. The summed E-state index contributed by atoms with van der Waals surface area (Å²) in [5, 5.41) is 13.7. The van der Waals surface area contributed by atoms with E-state index in [2.05, 4.69) is 20.8 Å². The topological polar surface area (TPSA) is 88.9 Å². The number of rotatable bonds is 8. The molecule has 0 aliphatic rings. The van der Waals surface area contributed by atoms with Crippen LogP contribution in [0.15, 0.2) is 53.7 Å². The van der Waals surface area contributed by atoms with Crippen LogP contribution in [0.4, 0.5) is 8.78 Å². The van der Waals surface area contributed by atoms with Crippen molar-refractivity contribution < 1.29 is 18.4 Å². The first kappa shape index (κ1) is 22.4. The van der Waals surface area contributed by atoms with Crippen LogP contribution >= 0.6 is 11.8 Å². The Kier molecular flexibility index (Phi) is 7.35. The largest absolute Gasteiger partial charge is 0.357 e.